The molecule has 3 atom stereocenters. The van der Waals surface area contributed by atoms with Crippen molar-refractivity contribution < 1.29 is 14.4 Å². The fraction of sp³-hybridized carbons (Fsp3) is 0.600. The van der Waals surface area contributed by atoms with Gasteiger partial charge >= 0.3 is 0 Å². The third kappa shape index (κ3) is 3.24. The van der Waals surface area contributed by atoms with Gasteiger partial charge in [-0.05, 0) is 45.6 Å². The first-order valence-corrected chi connectivity index (χ1v) is 8.56. The molecule has 0 unspecified atom stereocenters. The Morgan fingerprint density at radius 1 is 1.22 bits per heavy atom. The third-order valence-corrected chi connectivity index (χ3v) is 4.97. The molecule has 0 aliphatic carbocycles. The van der Waals surface area contributed by atoms with Crippen LogP contribution in [0, 0.1) is 17.8 Å². The van der Waals surface area contributed by atoms with Gasteiger partial charge in [-0.3, -0.25) is 0 Å². The van der Waals surface area contributed by atoms with Crippen LogP contribution >= 0.6 is 0 Å². The molecule has 1 fully saturated rings. The van der Waals surface area contributed by atoms with Gasteiger partial charge in [0, 0.05) is 11.5 Å². The molecule has 0 radical (unpaired) electrons. The number of hydrogen-bond acceptors (Lipinski definition) is 2. The zero-order valence-corrected chi connectivity index (χ0v) is 14.9. The van der Waals surface area contributed by atoms with E-state index in [0.29, 0.717) is 5.92 Å². The van der Waals surface area contributed by atoms with Crippen molar-refractivity contribution >= 4 is 0 Å². The van der Waals surface area contributed by atoms with Gasteiger partial charge in [-0.25, -0.2) is 0 Å². The number of para-hydroxylation sites is 1. The highest BCUT2D eigenvalue weighted by Gasteiger charge is 2.49. The van der Waals surface area contributed by atoms with Crippen molar-refractivity contribution in [2.75, 3.05) is 20.6 Å². The van der Waals surface area contributed by atoms with Crippen molar-refractivity contribution in [3.63, 3.8) is 0 Å². The Bertz CT molecular complexity index is 641. The lowest BCUT2D eigenvalue weighted by atomic mass is 9.73. The summed E-state index contributed by atoms with van der Waals surface area (Å²) in [5, 5.41) is 0. The lowest BCUT2D eigenvalue weighted by molar-refractivity contribution is -0.850. The topological polar surface area (TPSA) is 22.9 Å². The van der Waals surface area contributed by atoms with E-state index in [1.807, 2.05) is 12.1 Å². The maximum atomic E-state index is 6.56. The van der Waals surface area contributed by atoms with Crippen LogP contribution in [0.1, 0.15) is 45.3 Å². The Morgan fingerprint density at radius 3 is 2.70 bits per heavy atom. The molecule has 1 saturated heterocycles. The Labute approximate surface area is 140 Å². The molecule has 0 bridgehead atoms. The molecule has 2 aliphatic heterocycles. The van der Waals surface area contributed by atoms with Gasteiger partial charge in [0.05, 0.1) is 20.2 Å². The van der Waals surface area contributed by atoms with E-state index in [0.717, 1.165) is 25.1 Å². The molecule has 1 aromatic rings. The van der Waals surface area contributed by atoms with E-state index >= 15 is 0 Å². The summed E-state index contributed by atoms with van der Waals surface area (Å²) in [6.07, 6.45) is 2.10. The predicted octanol–water partition coefficient (Wildman–Crippen LogP) is 2.23. The first-order valence-electron chi connectivity index (χ1n) is 8.56. The average Bonchev–Trinajstić information content (AvgIpc) is 2.46. The van der Waals surface area contributed by atoms with E-state index in [9.17, 15) is 0 Å². The molecule has 1 N–H and O–H groups in total. The van der Waals surface area contributed by atoms with Crippen molar-refractivity contribution in [3.05, 3.63) is 29.8 Å². The van der Waals surface area contributed by atoms with Crippen LogP contribution in [0.25, 0.3) is 0 Å². The monoisotopic (exact) mass is 314 g/mol. The Kier molecular flexibility index (Phi) is 4.16. The number of benzene rings is 1. The predicted molar refractivity (Wildman–Crippen MR) is 91.6 cm³/mol. The second-order valence-electron chi connectivity index (χ2n) is 7.84. The van der Waals surface area contributed by atoms with E-state index in [1.165, 1.54) is 10.5 Å². The van der Waals surface area contributed by atoms with Gasteiger partial charge in [-0.15, -0.1) is 0 Å². The van der Waals surface area contributed by atoms with Crippen LogP contribution in [0.4, 0.5) is 0 Å². The standard InChI is InChI=1S/C20H27NO2/c1-19(2)16-11-13-20(3,12-8-14-21(4)5)23-18(16)15-9-6-7-10-17(15)22-19/h6-7,9-10,16,18H,11,13-14H2,1-5H3/p+1/t16-,18+,20-/m1/s1. The Balaban J connectivity index is 1.90. The van der Waals surface area contributed by atoms with E-state index < -0.39 is 0 Å². The molecule has 2 aliphatic rings. The van der Waals surface area contributed by atoms with Crippen molar-refractivity contribution in [3.8, 4) is 17.6 Å². The molecule has 3 rings (SSSR count). The summed E-state index contributed by atoms with van der Waals surface area (Å²) >= 11 is 0. The van der Waals surface area contributed by atoms with Crippen molar-refractivity contribution in [2.24, 2.45) is 5.92 Å². The number of nitrogens with one attached hydrogen (secondary N) is 1. The summed E-state index contributed by atoms with van der Waals surface area (Å²) in [7, 11) is 4.23. The number of fused-ring (bicyclic) bond motifs is 3. The van der Waals surface area contributed by atoms with Crippen molar-refractivity contribution in [1.82, 2.24) is 0 Å². The second kappa shape index (κ2) is 5.85. The second-order valence-corrected chi connectivity index (χ2v) is 7.84. The summed E-state index contributed by atoms with van der Waals surface area (Å²) in [6, 6.07) is 8.26. The summed E-state index contributed by atoms with van der Waals surface area (Å²) < 4.78 is 12.8. The van der Waals surface area contributed by atoms with E-state index in [2.05, 4.69) is 58.8 Å². The molecule has 1 aromatic carbocycles. The van der Waals surface area contributed by atoms with E-state index in [-0.39, 0.29) is 17.3 Å². The Morgan fingerprint density at radius 2 is 1.96 bits per heavy atom. The average molecular weight is 314 g/mol. The number of rotatable bonds is 1. The quantitative estimate of drug-likeness (QED) is 0.804. The molecule has 23 heavy (non-hydrogen) atoms. The van der Waals surface area contributed by atoms with Gasteiger partial charge in [0.25, 0.3) is 0 Å². The molecule has 3 nitrogen and oxygen atoms in total. The normalized spacial score (nSPS) is 31.4. The highest BCUT2D eigenvalue weighted by molar-refractivity contribution is 5.39. The minimum atomic E-state index is -0.364. The highest BCUT2D eigenvalue weighted by atomic mass is 16.5. The number of quaternary nitrogens is 1. The zero-order chi connectivity index (χ0) is 16.7. The minimum Gasteiger partial charge on any atom is -0.487 e. The van der Waals surface area contributed by atoms with Crippen LogP contribution in [-0.4, -0.2) is 31.8 Å². The molecule has 0 aromatic heterocycles. The summed E-state index contributed by atoms with van der Waals surface area (Å²) in [5.41, 5.74) is 0.599. The largest absolute Gasteiger partial charge is 0.487 e. The first-order chi connectivity index (χ1) is 10.8. The SMILES string of the molecule is C[NH+](C)CC#C[C@]1(C)CC[C@@H]2[C@@H](O1)c1ccccc1OC2(C)C. The van der Waals surface area contributed by atoms with Gasteiger partial charge < -0.3 is 14.4 Å². The minimum absolute atomic E-state index is 0.0645. The maximum Gasteiger partial charge on any atom is 0.139 e. The smallest absolute Gasteiger partial charge is 0.139 e. The van der Waals surface area contributed by atoms with Gasteiger partial charge in [-0.2, -0.15) is 0 Å². The van der Waals surface area contributed by atoms with Crippen LogP contribution in [0.3, 0.4) is 0 Å². The summed E-state index contributed by atoms with van der Waals surface area (Å²) in [5.74, 6) is 8.00. The Hall–Kier alpha value is -1.50. The van der Waals surface area contributed by atoms with Crippen LogP contribution in [-0.2, 0) is 4.74 Å². The lowest BCUT2D eigenvalue weighted by Crippen LogP contribution is -3.05. The summed E-state index contributed by atoms with van der Waals surface area (Å²) in [6.45, 7) is 7.33. The summed E-state index contributed by atoms with van der Waals surface area (Å²) in [4.78, 5) is 1.34. The molecule has 2 heterocycles. The maximum absolute atomic E-state index is 6.56. The van der Waals surface area contributed by atoms with Gasteiger partial charge in [0.15, 0.2) is 0 Å². The molecule has 0 saturated carbocycles. The zero-order valence-electron chi connectivity index (χ0n) is 14.9. The first kappa shape index (κ1) is 16.4. The number of hydrogen-bond donors (Lipinski definition) is 1. The van der Waals surface area contributed by atoms with E-state index in [4.69, 9.17) is 9.47 Å². The van der Waals surface area contributed by atoms with Crippen LogP contribution < -0.4 is 9.64 Å². The van der Waals surface area contributed by atoms with Crippen molar-refractivity contribution in [1.29, 1.82) is 0 Å². The van der Waals surface area contributed by atoms with E-state index in [1.54, 1.807) is 0 Å². The lowest BCUT2D eigenvalue weighted by Gasteiger charge is -2.50. The third-order valence-electron chi connectivity index (χ3n) is 4.97. The van der Waals surface area contributed by atoms with Crippen molar-refractivity contribution in [2.45, 2.75) is 50.9 Å². The fourth-order valence-corrected chi connectivity index (χ4v) is 3.66. The molecule has 3 heteroatoms. The fourth-order valence-electron chi connectivity index (χ4n) is 3.66. The van der Waals surface area contributed by atoms with Gasteiger partial charge in [-0.1, -0.05) is 24.1 Å². The van der Waals surface area contributed by atoms with Gasteiger partial charge in [0.1, 0.15) is 23.5 Å². The highest BCUT2D eigenvalue weighted by Crippen LogP contribution is 2.52. The molecule has 0 spiro atoms. The molecule has 124 valence electrons. The van der Waals surface area contributed by atoms with Crippen LogP contribution in [0.2, 0.25) is 0 Å². The van der Waals surface area contributed by atoms with Gasteiger partial charge in [0.2, 0.25) is 0 Å². The number of ether oxygens (including phenoxy) is 2. The molecular formula is C20H28NO2+. The van der Waals surface area contributed by atoms with Crippen LogP contribution in [0.15, 0.2) is 24.3 Å². The molecule has 0 amide bonds. The molecular weight excluding hydrogens is 286 g/mol. The van der Waals surface area contributed by atoms with Crippen LogP contribution in [0.5, 0.6) is 5.75 Å².